The number of allylic oxidation sites excluding steroid dienone is 1. The average molecular weight is 245 g/mol. The Morgan fingerprint density at radius 1 is 1.28 bits per heavy atom. The van der Waals surface area contributed by atoms with Crippen molar-refractivity contribution < 1.29 is 4.79 Å². The van der Waals surface area contributed by atoms with Crippen LogP contribution in [-0.2, 0) is 11.2 Å². The third kappa shape index (κ3) is 2.32. The number of hydrazine groups is 1. The molecule has 0 heterocycles. The lowest BCUT2D eigenvalue weighted by Gasteiger charge is -2.19. The molecule has 0 fully saturated rings. The Balaban J connectivity index is 2.06. The molecule has 0 unspecified atom stereocenters. The van der Waals surface area contributed by atoms with Gasteiger partial charge in [-0.2, -0.15) is 0 Å². The summed E-state index contributed by atoms with van der Waals surface area (Å²) >= 11 is 0. The SMILES string of the molecule is CC(C)(C)C(=O)NNC1=C(N)c2ccccc2C1. The molecule has 2 rings (SSSR count). The van der Waals surface area contributed by atoms with Crippen molar-refractivity contribution in [2.75, 3.05) is 0 Å². The largest absolute Gasteiger partial charge is 0.397 e. The first-order valence-electron chi connectivity index (χ1n) is 6.03. The lowest BCUT2D eigenvalue weighted by atomic mass is 9.96. The van der Waals surface area contributed by atoms with Crippen molar-refractivity contribution in [3.8, 4) is 0 Å². The molecule has 1 aliphatic rings. The lowest BCUT2D eigenvalue weighted by Crippen LogP contribution is -2.43. The van der Waals surface area contributed by atoms with Crippen LogP contribution in [0.15, 0.2) is 30.0 Å². The maximum absolute atomic E-state index is 11.8. The van der Waals surface area contributed by atoms with E-state index in [1.807, 2.05) is 45.0 Å². The van der Waals surface area contributed by atoms with Gasteiger partial charge in [0.15, 0.2) is 0 Å². The molecule has 4 nitrogen and oxygen atoms in total. The van der Waals surface area contributed by atoms with Crippen molar-refractivity contribution in [2.45, 2.75) is 27.2 Å². The molecule has 1 aromatic rings. The highest BCUT2D eigenvalue weighted by Gasteiger charge is 2.23. The average Bonchev–Trinajstić information content (AvgIpc) is 2.63. The van der Waals surface area contributed by atoms with E-state index in [9.17, 15) is 4.79 Å². The zero-order valence-corrected chi connectivity index (χ0v) is 11.0. The highest BCUT2D eigenvalue weighted by molar-refractivity contribution is 5.81. The van der Waals surface area contributed by atoms with E-state index in [-0.39, 0.29) is 5.91 Å². The van der Waals surface area contributed by atoms with Crippen LogP contribution in [0, 0.1) is 5.41 Å². The molecule has 4 N–H and O–H groups in total. The fraction of sp³-hybridized carbons (Fsp3) is 0.357. The number of fused-ring (bicyclic) bond motifs is 1. The van der Waals surface area contributed by atoms with Crippen molar-refractivity contribution in [3.05, 3.63) is 41.1 Å². The third-order valence-corrected chi connectivity index (χ3v) is 3.01. The van der Waals surface area contributed by atoms with E-state index in [1.165, 1.54) is 5.56 Å². The summed E-state index contributed by atoms with van der Waals surface area (Å²) in [7, 11) is 0. The minimum Gasteiger partial charge on any atom is -0.397 e. The van der Waals surface area contributed by atoms with Crippen molar-refractivity contribution >= 4 is 11.6 Å². The summed E-state index contributed by atoms with van der Waals surface area (Å²) < 4.78 is 0. The molecule has 1 amide bonds. The predicted molar refractivity (Wildman–Crippen MR) is 72.0 cm³/mol. The Labute approximate surface area is 107 Å². The molecular formula is C14H19N3O. The van der Waals surface area contributed by atoms with E-state index in [0.717, 1.165) is 17.7 Å². The molecule has 0 aliphatic heterocycles. The van der Waals surface area contributed by atoms with Gasteiger partial charge in [0, 0.05) is 17.4 Å². The number of carbonyl (C=O) groups is 1. The van der Waals surface area contributed by atoms with Crippen LogP contribution in [0.3, 0.4) is 0 Å². The van der Waals surface area contributed by atoms with Gasteiger partial charge in [-0.1, -0.05) is 45.0 Å². The van der Waals surface area contributed by atoms with Gasteiger partial charge in [0.1, 0.15) is 0 Å². The molecule has 0 radical (unpaired) electrons. The molecule has 1 aromatic carbocycles. The fourth-order valence-corrected chi connectivity index (χ4v) is 1.82. The van der Waals surface area contributed by atoms with Crippen molar-refractivity contribution in [1.29, 1.82) is 0 Å². The van der Waals surface area contributed by atoms with Crippen LogP contribution in [0.5, 0.6) is 0 Å². The number of hydrogen-bond acceptors (Lipinski definition) is 3. The molecule has 1 aliphatic carbocycles. The standard InChI is InChI=1S/C14H19N3O/c1-14(2,3)13(18)17-16-11-8-9-6-4-5-7-10(9)12(11)15/h4-7,16H,8,15H2,1-3H3,(H,17,18). The molecule has 0 aromatic heterocycles. The summed E-state index contributed by atoms with van der Waals surface area (Å²) in [6.45, 7) is 5.60. The second kappa shape index (κ2) is 4.37. The second-order valence-corrected chi connectivity index (χ2v) is 5.56. The normalized spacial score (nSPS) is 14.4. The number of nitrogens with two attached hydrogens (primary N) is 1. The molecule has 0 spiro atoms. The molecular weight excluding hydrogens is 226 g/mol. The van der Waals surface area contributed by atoms with E-state index in [0.29, 0.717) is 5.70 Å². The first-order valence-corrected chi connectivity index (χ1v) is 6.03. The molecule has 0 saturated carbocycles. The summed E-state index contributed by atoms with van der Waals surface area (Å²) in [6, 6.07) is 7.98. The zero-order chi connectivity index (χ0) is 13.3. The van der Waals surface area contributed by atoms with Crippen LogP contribution in [0.25, 0.3) is 5.70 Å². The quantitative estimate of drug-likeness (QED) is 0.692. The number of benzene rings is 1. The first-order chi connectivity index (χ1) is 8.39. The molecule has 0 atom stereocenters. The molecule has 18 heavy (non-hydrogen) atoms. The van der Waals surface area contributed by atoms with Gasteiger partial charge in [0.05, 0.1) is 11.4 Å². The van der Waals surface area contributed by atoms with E-state index >= 15 is 0 Å². The Hall–Kier alpha value is -1.97. The van der Waals surface area contributed by atoms with Crippen molar-refractivity contribution in [2.24, 2.45) is 11.1 Å². The van der Waals surface area contributed by atoms with E-state index in [4.69, 9.17) is 5.73 Å². The molecule has 4 heteroatoms. The third-order valence-electron chi connectivity index (χ3n) is 3.01. The fourth-order valence-electron chi connectivity index (χ4n) is 1.82. The molecule has 0 bridgehead atoms. The summed E-state index contributed by atoms with van der Waals surface area (Å²) in [5.41, 5.74) is 15.1. The van der Waals surface area contributed by atoms with E-state index in [2.05, 4.69) is 10.9 Å². The number of rotatable bonds is 2. The van der Waals surface area contributed by atoms with E-state index < -0.39 is 5.41 Å². The Bertz CT molecular complexity index is 512. The first kappa shape index (κ1) is 12.5. The smallest absolute Gasteiger partial charge is 0.243 e. The Kier molecular flexibility index (Phi) is 3.03. The van der Waals surface area contributed by atoms with Crippen LogP contribution in [0.1, 0.15) is 31.9 Å². The molecule has 0 saturated heterocycles. The summed E-state index contributed by atoms with van der Waals surface area (Å²) in [6.07, 6.45) is 0.729. The number of hydrogen-bond donors (Lipinski definition) is 3. The highest BCUT2D eigenvalue weighted by atomic mass is 16.2. The van der Waals surface area contributed by atoms with E-state index in [1.54, 1.807) is 0 Å². The number of amides is 1. The minimum atomic E-state index is -0.423. The van der Waals surface area contributed by atoms with Gasteiger partial charge in [0.2, 0.25) is 5.91 Å². The highest BCUT2D eigenvalue weighted by Crippen LogP contribution is 2.27. The van der Waals surface area contributed by atoms with Gasteiger partial charge >= 0.3 is 0 Å². The maximum Gasteiger partial charge on any atom is 0.243 e. The van der Waals surface area contributed by atoms with Gasteiger partial charge < -0.3 is 11.2 Å². The maximum atomic E-state index is 11.8. The summed E-state index contributed by atoms with van der Waals surface area (Å²) in [5.74, 6) is -0.0567. The monoisotopic (exact) mass is 245 g/mol. The topological polar surface area (TPSA) is 67.2 Å². The van der Waals surface area contributed by atoms with Crippen LogP contribution < -0.4 is 16.6 Å². The predicted octanol–water partition coefficient (Wildman–Crippen LogP) is 1.54. The van der Waals surface area contributed by atoms with Crippen LogP contribution in [-0.4, -0.2) is 5.91 Å². The van der Waals surface area contributed by atoms with Gasteiger partial charge in [0.25, 0.3) is 0 Å². The van der Waals surface area contributed by atoms with Crippen molar-refractivity contribution in [3.63, 3.8) is 0 Å². The second-order valence-electron chi connectivity index (χ2n) is 5.56. The Morgan fingerprint density at radius 2 is 1.94 bits per heavy atom. The van der Waals surface area contributed by atoms with Crippen molar-refractivity contribution in [1.82, 2.24) is 10.9 Å². The van der Waals surface area contributed by atoms with Crippen LogP contribution >= 0.6 is 0 Å². The minimum absolute atomic E-state index is 0.0567. The van der Waals surface area contributed by atoms with Gasteiger partial charge in [-0.3, -0.25) is 10.2 Å². The molecule has 96 valence electrons. The van der Waals surface area contributed by atoms with Gasteiger partial charge in [-0.05, 0) is 5.56 Å². The summed E-state index contributed by atoms with van der Waals surface area (Å²) in [4.78, 5) is 11.8. The summed E-state index contributed by atoms with van der Waals surface area (Å²) in [5, 5.41) is 0. The Morgan fingerprint density at radius 3 is 2.56 bits per heavy atom. The number of nitrogens with one attached hydrogen (secondary N) is 2. The number of carbonyl (C=O) groups excluding carboxylic acids is 1. The van der Waals surface area contributed by atoms with Gasteiger partial charge in [-0.15, -0.1) is 0 Å². The van der Waals surface area contributed by atoms with Crippen LogP contribution in [0.4, 0.5) is 0 Å². The van der Waals surface area contributed by atoms with Crippen LogP contribution in [0.2, 0.25) is 0 Å². The zero-order valence-electron chi connectivity index (χ0n) is 11.0. The van der Waals surface area contributed by atoms with Gasteiger partial charge in [-0.25, -0.2) is 0 Å². The lowest BCUT2D eigenvalue weighted by molar-refractivity contribution is -0.129.